The Morgan fingerprint density at radius 2 is 1.79 bits per heavy atom. The summed E-state index contributed by atoms with van der Waals surface area (Å²) in [5, 5.41) is 0. The summed E-state index contributed by atoms with van der Waals surface area (Å²) >= 11 is 0. The molecule has 1 aromatic carbocycles. The molecular weight excluding hydrogens is 370 g/mol. The fraction of sp³-hybridized carbons (Fsp3) is 0.522. The molecule has 2 aliphatic rings. The molecule has 6 nitrogen and oxygen atoms in total. The number of hydrogen-bond acceptors (Lipinski definition) is 5. The number of carbonyl (C=O) groups is 3. The second-order valence-electron chi connectivity index (χ2n) is 7.86. The number of benzene rings is 1. The van der Waals surface area contributed by atoms with Crippen LogP contribution in [0.3, 0.4) is 0 Å². The maximum absolute atomic E-state index is 12.2. The third-order valence-corrected chi connectivity index (χ3v) is 5.77. The van der Waals surface area contributed by atoms with Gasteiger partial charge >= 0.3 is 5.97 Å². The van der Waals surface area contributed by atoms with Crippen LogP contribution in [0.4, 0.5) is 5.69 Å². The van der Waals surface area contributed by atoms with E-state index in [9.17, 15) is 14.4 Å². The molecule has 0 radical (unpaired) electrons. The average molecular weight is 399 g/mol. The lowest BCUT2D eigenvalue weighted by molar-refractivity contribution is -0.202. The maximum atomic E-state index is 12.2. The van der Waals surface area contributed by atoms with Gasteiger partial charge in [0, 0.05) is 17.6 Å². The lowest BCUT2D eigenvalue weighted by Gasteiger charge is -2.49. The topological polar surface area (TPSA) is 72.9 Å². The van der Waals surface area contributed by atoms with Gasteiger partial charge in [-0.1, -0.05) is 38.8 Å². The fourth-order valence-corrected chi connectivity index (χ4v) is 4.18. The number of hydrogen-bond donors (Lipinski definition) is 0. The van der Waals surface area contributed by atoms with Gasteiger partial charge in [0.1, 0.15) is 0 Å². The molecule has 0 aliphatic carbocycles. The summed E-state index contributed by atoms with van der Waals surface area (Å²) in [4.78, 5) is 36.8. The van der Waals surface area contributed by atoms with Crippen molar-refractivity contribution in [2.45, 2.75) is 58.5 Å². The summed E-state index contributed by atoms with van der Waals surface area (Å²) in [5.41, 5.74) is 1.43. The molecule has 2 heterocycles. The van der Waals surface area contributed by atoms with Crippen LogP contribution in [0.2, 0.25) is 0 Å². The molecule has 2 unspecified atom stereocenters. The van der Waals surface area contributed by atoms with Crippen LogP contribution in [0.1, 0.15) is 51.5 Å². The van der Waals surface area contributed by atoms with Crippen molar-refractivity contribution in [1.29, 1.82) is 0 Å². The molecule has 0 bridgehead atoms. The van der Waals surface area contributed by atoms with E-state index in [-0.39, 0.29) is 35.7 Å². The van der Waals surface area contributed by atoms with Crippen molar-refractivity contribution < 1.29 is 23.9 Å². The SMILES string of the molecule is CCCC1OCC1(CCC)CCOC(=O)Cc1ccc(N2C(=O)C=CC2=O)cc1. The molecular formula is C23H29NO5. The van der Waals surface area contributed by atoms with Crippen molar-refractivity contribution in [2.24, 2.45) is 5.41 Å². The first-order chi connectivity index (χ1) is 14.0. The molecule has 1 fully saturated rings. The highest BCUT2D eigenvalue weighted by atomic mass is 16.5. The van der Waals surface area contributed by atoms with E-state index in [1.807, 2.05) is 0 Å². The molecule has 1 saturated heterocycles. The van der Waals surface area contributed by atoms with Crippen LogP contribution in [0, 0.1) is 5.41 Å². The third-order valence-electron chi connectivity index (χ3n) is 5.77. The van der Waals surface area contributed by atoms with Gasteiger partial charge in [-0.2, -0.15) is 0 Å². The van der Waals surface area contributed by atoms with Gasteiger partial charge in [0.05, 0.1) is 31.4 Å². The number of rotatable bonds is 10. The van der Waals surface area contributed by atoms with E-state index in [1.165, 1.54) is 12.2 Å². The maximum Gasteiger partial charge on any atom is 0.310 e. The number of esters is 1. The zero-order valence-corrected chi connectivity index (χ0v) is 17.2. The first-order valence-corrected chi connectivity index (χ1v) is 10.4. The summed E-state index contributed by atoms with van der Waals surface area (Å²) in [6, 6.07) is 6.82. The largest absolute Gasteiger partial charge is 0.465 e. The Morgan fingerprint density at radius 3 is 2.34 bits per heavy atom. The zero-order chi connectivity index (χ0) is 20.9. The van der Waals surface area contributed by atoms with E-state index in [0.29, 0.717) is 12.3 Å². The highest BCUT2D eigenvalue weighted by molar-refractivity contribution is 6.28. The smallest absolute Gasteiger partial charge is 0.310 e. The van der Waals surface area contributed by atoms with Gasteiger partial charge in [0.2, 0.25) is 0 Å². The quantitative estimate of drug-likeness (QED) is 0.444. The van der Waals surface area contributed by atoms with E-state index in [1.54, 1.807) is 24.3 Å². The lowest BCUT2D eigenvalue weighted by atomic mass is 9.71. The predicted octanol–water partition coefficient (Wildman–Crippen LogP) is 3.58. The molecule has 3 rings (SSSR count). The number of anilines is 1. The lowest BCUT2D eigenvalue weighted by Crippen LogP contribution is -2.52. The minimum Gasteiger partial charge on any atom is -0.465 e. The number of ether oxygens (including phenoxy) is 2. The van der Waals surface area contributed by atoms with Gasteiger partial charge < -0.3 is 9.47 Å². The zero-order valence-electron chi connectivity index (χ0n) is 17.2. The molecule has 6 heteroatoms. The van der Waals surface area contributed by atoms with Crippen LogP contribution in [0.5, 0.6) is 0 Å². The molecule has 2 atom stereocenters. The molecule has 156 valence electrons. The standard InChI is InChI=1S/C23H29NO5/c1-3-5-19-23(12-4-2,16-29-19)13-14-28-22(27)15-17-6-8-18(9-7-17)24-20(25)10-11-21(24)26/h6-11,19H,3-5,12-16H2,1-2H3. The molecule has 0 aromatic heterocycles. The Morgan fingerprint density at radius 1 is 1.10 bits per heavy atom. The highest BCUT2D eigenvalue weighted by Gasteiger charge is 2.46. The Bertz CT molecular complexity index is 767. The number of carbonyl (C=O) groups excluding carboxylic acids is 3. The molecule has 29 heavy (non-hydrogen) atoms. The van der Waals surface area contributed by atoms with Gasteiger partial charge in [-0.3, -0.25) is 14.4 Å². The summed E-state index contributed by atoms with van der Waals surface area (Å²) in [6.45, 7) is 5.50. The van der Waals surface area contributed by atoms with Gasteiger partial charge in [-0.15, -0.1) is 0 Å². The monoisotopic (exact) mass is 399 g/mol. The Kier molecular flexibility index (Phi) is 6.85. The highest BCUT2D eigenvalue weighted by Crippen LogP contribution is 2.44. The summed E-state index contributed by atoms with van der Waals surface area (Å²) in [7, 11) is 0. The van der Waals surface area contributed by atoms with Crippen LogP contribution >= 0.6 is 0 Å². The first kappa shape index (κ1) is 21.2. The molecule has 0 N–H and O–H groups in total. The molecule has 1 aromatic rings. The van der Waals surface area contributed by atoms with Crippen molar-refractivity contribution in [3.05, 3.63) is 42.0 Å². The number of nitrogens with zero attached hydrogens (tertiary/aromatic N) is 1. The third kappa shape index (κ3) is 4.75. The molecule has 2 amide bonds. The van der Waals surface area contributed by atoms with Gasteiger partial charge in [0.15, 0.2) is 0 Å². The Balaban J connectivity index is 1.48. The second kappa shape index (κ2) is 9.35. The average Bonchev–Trinajstić information content (AvgIpc) is 3.03. The Labute approximate surface area is 171 Å². The number of imide groups is 1. The Hall–Kier alpha value is -2.47. The summed E-state index contributed by atoms with van der Waals surface area (Å²) in [6.07, 6.45) is 8.12. The minimum atomic E-state index is -0.357. The summed E-state index contributed by atoms with van der Waals surface area (Å²) in [5.74, 6) is -0.985. The normalized spacial score (nSPS) is 23.4. The predicted molar refractivity (Wildman–Crippen MR) is 109 cm³/mol. The second-order valence-corrected chi connectivity index (χ2v) is 7.86. The van der Waals surface area contributed by atoms with Crippen LogP contribution in [0.15, 0.2) is 36.4 Å². The van der Waals surface area contributed by atoms with Gasteiger partial charge in [0.25, 0.3) is 11.8 Å². The number of amides is 2. The van der Waals surface area contributed by atoms with Crippen LogP contribution in [-0.2, 0) is 30.3 Å². The van der Waals surface area contributed by atoms with Crippen molar-refractivity contribution in [3.63, 3.8) is 0 Å². The summed E-state index contributed by atoms with van der Waals surface area (Å²) < 4.78 is 11.3. The van der Waals surface area contributed by atoms with Gasteiger partial charge in [-0.05, 0) is 37.0 Å². The van der Waals surface area contributed by atoms with Crippen molar-refractivity contribution >= 4 is 23.5 Å². The minimum absolute atomic E-state index is 0.148. The van der Waals surface area contributed by atoms with E-state index in [0.717, 1.165) is 49.2 Å². The van der Waals surface area contributed by atoms with E-state index >= 15 is 0 Å². The van der Waals surface area contributed by atoms with Crippen LogP contribution in [-0.4, -0.2) is 37.1 Å². The van der Waals surface area contributed by atoms with E-state index < -0.39 is 0 Å². The fourth-order valence-electron chi connectivity index (χ4n) is 4.18. The van der Waals surface area contributed by atoms with Crippen molar-refractivity contribution in [1.82, 2.24) is 0 Å². The van der Waals surface area contributed by atoms with Crippen LogP contribution < -0.4 is 4.90 Å². The van der Waals surface area contributed by atoms with E-state index in [4.69, 9.17) is 9.47 Å². The van der Waals surface area contributed by atoms with Gasteiger partial charge in [-0.25, -0.2) is 4.90 Å². The molecule has 0 spiro atoms. The first-order valence-electron chi connectivity index (χ1n) is 10.4. The van der Waals surface area contributed by atoms with Crippen LogP contribution in [0.25, 0.3) is 0 Å². The molecule has 0 saturated carbocycles. The van der Waals surface area contributed by atoms with E-state index in [2.05, 4.69) is 13.8 Å². The van der Waals surface area contributed by atoms with Crippen molar-refractivity contribution in [2.75, 3.05) is 18.1 Å². The molecule has 2 aliphatic heterocycles. The van der Waals surface area contributed by atoms with Crippen molar-refractivity contribution in [3.8, 4) is 0 Å².